The van der Waals surface area contributed by atoms with Gasteiger partial charge in [-0.25, -0.2) is 4.79 Å². The van der Waals surface area contributed by atoms with Gasteiger partial charge in [-0.2, -0.15) is 0 Å². The van der Waals surface area contributed by atoms with Crippen LogP contribution in [0.5, 0.6) is 0 Å². The quantitative estimate of drug-likeness (QED) is 0.263. The van der Waals surface area contributed by atoms with Gasteiger partial charge >= 0.3 is 6.16 Å². The van der Waals surface area contributed by atoms with Crippen LogP contribution < -0.4 is 0 Å². The van der Waals surface area contributed by atoms with Crippen molar-refractivity contribution in [2.24, 2.45) is 0 Å². The Kier molecular flexibility index (Phi) is 12.7. The van der Waals surface area contributed by atoms with Crippen LogP contribution in [0, 0.1) is 0 Å². The van der Waals surface area contributed by atoms with Crippen LogP contribution in [0.4, 0.5) is 4.79 Å². The summed E-state index contributed by atoms with van der Waals surface area (Å²) in [6, 6.07) is 10.0. The maximum Gasteiger partial charge on any atom is 0.508 e. The highest BCUT2D eigenvalue weighted by Crippen LogP contribution is 2.25. The largest absolute Gasteiger partial charge is 0.508 e. The lowest BCUT2D eigenvalue weighted by atomic mass is 10.0. The van der Waals surface area contributed by atoms with E-state index in [-0.39, 0.29) is 6.10 Å². The smallest absolute Gasteiger partial charge is 0.434 e. The van der Waals surface area contributed by atoms with E-state index in [1.54, 1.807) is 0 Å². The van der Waals surface area contributed by atoms with E-state index >= 15 is 0 Å². The molecule has 0 saturated heterocycles. The van der Waals surface area contributed by atoms with Crippen LogP contribution in [0.3, 0.4) is 0 Å². The number of ether oxygens (including phenoxy) is 2. The van der Waals surface area contributed by atoms with Gasteiger partial charge in [0.15, 0.2) is 0 Å². The molecular weight excluding hydrogens is 312 g/mol. The van der Waals surface area contributed by atoms with Gasteiger partial charge in [-0.05, 0) is 24.8 Å². The molecule has 0 aliphatic rings. The van der Waals surface area contributed by atoms with Crippen LogP contribution in [0.15, 0.2) is 30.3 Å². The van der Waals surface area contributed by atoms with E-state index in [1.165, 1.54) is 44.9 Å². The normalized spacial score (nSPS) is 11.9. The third-order valence-electron chi connectivity index (χ3n) is 4.45. The maximum absolute atomic E-state index is 12.0. The third-order valence-corrected chi connectivity index (χ3v) is 4.45. The van der Waals surface area contributed by atoms with E-state index in [0.29, 0.717) is 6.61 Å². The average Bonchev–Trinajstić information content (AvgIpc) is 2.64. The van der Waals surface area contributed by atoms with Gasteiger partial charge in [-0.1, -0.05) is 95.5 Å². The zero-order valence-electron chi connectivity index (χ0n) is 16.2. The molecule has 1 rings (SSSR count). The molecule has 1 unspecified atom stereocenters. The predicted molar refractivity (Wildman–Crippen MR) is 104 cm³/mol. The number of hydrogen-bond donors (Lipinski definition) is 0. The number of unbranched alkanes of at least 4 members (excludes halogenated alkanes) is 8. The first-order chi connectivity index (χ1) is 12.3. The molecule has 0 aliphatic carbocycles. The van der Waals surface area contributed by atoms with Crippen molar-refractivity contribution in [3.63, 3.8) is 0 Å². The Morgan fingerprint density at radius 3 is 2.12 bits per heavy atom. The van der Waals surface area contributed by atoms with Gasteiger partial charge in [0.05, 0.1) is 6.61 Å². The van der Waals surface area contributed by atoms with E-state index in [1.807, 2.05) is 30.3 Å². The molecule has 3 heteroatoms. The summed E-state index contributed by atoms with van der Waals surface area (Å²) in [5, 5.41) is 0. The zero-order chi connectivity index (χ0) is 18.2. The van der Waals surface area contributed by atoms with Crippen LogP contribution in [-0.2, 0) is 9.47 Å². The second-order valence-electron chi connectivity index (χ2n) is 6.73. The average molecular weight is 349 g/mol. The molecule has 25 heavy (non-hydrogen) atoms. The number of carbonyl (C=O) groups is 1. The fraction of sp³-hybridized carbons (Fsp3) is 0.682. The van der Waals surface area contributed by atoms with Crippen LogP contribution in [0.2, 0.25) is 0 Å². The summed E-state index contributed by atoms with van der Waals surface area (Å²) in [7, 11) is 0. The van der Waals surface area contributed by atoms with Crippen LogP contribution in [-0.4, -0.2) is 12.8 Å². The van der Waals surface area contributed by atoms with Gasteiger partial charge in [0.25, 0.3) is 0 Å². The van der Waals surface area contributed by atoms with E-state index < -0.39 is 6.16 Å². The highest BCUT2D eigenvalue weighted by Gasteiger charge is 2.17. The molecule has 0 fully saturated rings. The van der Waals surface area contributed by atoms with Crippen molar-refractivity contribution in [3.8, 4) is 0 Å². The van der Waals surface area contributed by atoms with Crippen LogP contribution >= 0.6 is 0 Å². The summed E-state index contributed by atoms with van der Waals surface area (Å²) in [6.45, 7) is 4.85. The lowest BCUT2D eigenvalue weighted by Gasteiger charge is -2.18. The molecule has 0 N–H and O–H groups in total. The lowest BCUT2D eigenvalue weighted by molar-refractivity contribution is 0.0182. The minimum Gasteiger partial charge on any atom is -0.434 e. The standard InChI is InChI=1S/C22H36O3/c1-3-5-7-9-10-14-18-21(20-16-12-11-13-17-20)25-22(23)24-19-15-8-6-4-2/h11-13,16-17,21H,3-10,14-15,18-19H2,1-2H3. The summed E-state index contributed by atoms with van der Waals surface area (Å²) in [5.74, 6) is 0. The Morgan fingerprint density at radius 2 is 1.44 bits per heavy atom. The molecule has 0 aromatic heterocycles. The van der Waals surface area contributed by atoms with Crippen molar-refractivity contribution in [2.75, 3.05) is 6.61 Å². The van der Waals surface area contributed by atoms with E-state index in [0.717, 1.165) is 31.2 Å². The van der Waals surface area contributed by atoms with Crippen molar-refractivity contribution in [3.05, 3.63) is 35.9 Å². The molecule has 3 nitrogen and oxygen atoms in total. The van der Waals surface area contributed by atoms with Gasteiger partial charge in [0.1, 0.15) is 6.10 Å². The van der Waals surface area contributed by atoms with Crippen LogP contribution in [0.25, 0.3) is 0 Å². The summed E-state index contributed by atoms with van der Waals surface area (Å²) in [5.41, 5.74) is 1.05. The second-order valence-corrected chi connectivity index (χ2v) is 6.73. The monoisotopic (exact) mass is 348 g/mol. The second kappa shape index (κ2) is 14.8. The highest BCUT2D eigenvalue weighted by atomic mass is 16.7. The third kappa shape index (κ3) is 10.9. The first-order valence-corrected chi connectivity index (χ1v) is 10.2. The SMILES string of the molecule is CCCCCCCCC(OC(=O)OCCCCCC)c1ccccc1. The predicted octanol–water partition coefficient (Wildman–Crippen LogP) is 7.21. The molecular formula is C22H36O3. The minimum absolute atomic E-state index is 0.199. The van der Waals surface area contributed by atoms with Gasteiger partial charge in [0.2, 0.25) is 0 Å². The first kappa shape index (κ1) is 21.5. The van der Waals surface area contributed by atoms with Crippen molar-refractivity contribution in [2.45, 2.75) is 90.6 Å². The fourth-order valence-corrected chi connectivity index (χ4v) is 2.91. The summed E-state index contributed by atoms with van der Waals surface area (Å²) < 4.78 is 10.8. The highest BCUT2D eigenvalue weighted by molar-refractivity contribution is 5.60. The molecule has 0 heterocycles. The van der Waals surface area contributed by atoms with Crippen LogP contribution in [0.1, 0.15) is 96.1 Å². The minimum atomic E-state index is -0.531. The number of carbonyl (C=O) groups excluding carboxylic acids is 1. The van der Waals surface area contributed by atoms with Crippen molar-refractivity contribution >= 4 is 6.16 Å². The zero-order valence-corrected chi connectivity index (χ0v) is 16.2. The summed E-state index contributed by atoms with van der Waals surface area (Å²) in [6.07, 6.45) is 11.9. The van der Waals surface area contributed by atoms with E-state index in [2.05, 4.69) is 13.8 Å². The van der Waals surface area contributed by atoms with Crippen molar-refractivity contribution < 1.29 is 14.3 Å². The Hall–Kier alpha value is -1.51. The molecule has 0 amide bonds. The van der Waals surface area contributed by atoms with Gasteiger partial charge < -0.3 is 9.47 Å². The Labute approximate surface area is 154 Å². The molecule has 0 radical (unpaired) electrons. The van der Waals surface area contributed by atoms with Gasteiger partial charge in [0, 0.05) is 0 Å². The Bertz CT molecular complexity index is 430. The van der Waals surface area contributed by atoms with Crippen molar-refractivity contribution in [1.82, 2.24) is 0 Å². The molecule has 0 spiro atoms. The topological polar surface area (TPSA) is 35.5 Å². The van der Waals surface area contributed by atoms with E-state index in [4.69, 9.17) is 9.47 Å². The Balaban J connectivity index is 2.37. The van der Waals surface area contributed by atoms with Gasteiger partial charge in [-0.3, -0.25) is 0 Å². The fourth-order valence-electron chi connectivity index (χ4n) is 2.91. The molecule has 1 aromatic carbocycles. The van der Waals surface area contributed by atoms with E-state index in [9.17, 15) is 4.79 Å². The first-order valence-electron chi connectivity index (χ1n) is 10.2. The van der Waals surface area contributed by atoms with Crippen molar-refractivity contribution in [1.29, 1.82) is 0 Å². The Morgan fingerprint density at radius 1 is 0.840 bits per heavy atom. The number of benzene rings is 1. The molecule has 0 aliphatic heterocycles. The summed E-state index contributed by atoms with van der Waals surface area (Å²) in [4.78, 5) is 12.0. The number of hydrogen-bond acceptors (Lipinski definition) is 3. The van der Waals surface area contributed by atoms with Gasteiger partial charge in [-0.15, -0.1) is 0 Å². The summed E-state index contributed by atoms with van der Waals surface area (Å²) >= 11 is 0. The molecule has 0 saturated carbocycles. The number of rotatable bonds is 14. The molecule has 142 valence electrons. The molecule has 1 atom stereocenters. The lowest BCUT2D eigenvalue weighted by Crippen LogP contribution is -2.14. The molecule has 1 aromatic rings. The molecule has 0 bridgehead atoms. The maximum atomic E-state index is 12.0.